The summed E-state index contributed by atoms with van der Waals surface area (Å²) in [5.41, 5.74) is 1.08. The molecule has 3 heteroatoms. The van der Waals surface area contributed by atoms with Crippen molar-refractivity contribution in [3.63, 3.8) is 0 Å². The topological polar surface area (TPSA) is 12.0 Å². The van der Waals surface area contributed by atoms with E-state index >= 15 is 0 Å². The van der Waals surface area contributed by atoms with Gasteiger partial charge in [-0.15, -0.1) is 0 Å². The predicted octanol–water partition coefficient (Wildman–Crippen LogP) is 4.82. The number of hydrogen-bond donors (Lipinski definition) is 1. The minimum absolute atomic E-state index is 0.163. The Bertz CT molecular complexity index is 390. The first-order valence-corrected chi connectivity index (χ1v) is 7.68. The first kappa shape index (κ1) is 14.0. The molecule has 1 saturated carbocycles. The van der Waals surface area contributed by atoms with E-state index in [2.05, 4.69) is 28.2 Å². The molecule has 0 aromatic heterocycles. The highest BCUT2D eigenvalue weighted by molar-refractivity contribution is 9.10. The van der Waals surface area contributed by atoms with Crippen molar-refractivity contribution >= 4 is 15.9 Å². The fourth-order valence-corrected chi connectivity index (χ4v) is 2.69. The highest BCUT2D eigenvalue weighted by atomic mass is 79.9. The summed E-state index contributed by atoms with van der Waals surface area (Å²) >= 11 is 3.21. The van der Waals surface area contributed by atoms with Gasteiger partial charge in [-0.1, -0.05) is 32.3 Å². The predicted molar refractivity (Wildman–Crippen MR) is 77.1 cm³/mol. The normalized spacial score (nSPS) is 17.5. The summed E-state index contributed by atoms with van der Waals surface area (Å²) in [6, 6.07) is 5.80. The van der Waals surface area contributed by atoms with Crippen molar-refractivity contribution in [3.05, 3.63) is 34.1 Å². The third kappa shape index (κ3) is 3.55. The van der Waals surface area contributed by atoms with Gasteiger partial charge in [0.25, 0.3) is 0 Å². The van der Waals surface area contributed by atoms with Crippen LogP contribution in [-0.4, -0.2) is 6.54 Å². The van der Waals surface area contributed by atoms with Crippen LogP contribution >= 0.6 is 15.9 Å². The Kier molecular flexibility index (Phi) is 5.19. The van der Waals surface area contributed by atoms with Gasteiger partial charge < -0.3 is 5.32 Å². The van der Waals surface area contributed by atoms with Gasteiger partial charge in [0, 0.05) is 6.04 Å². The highest BCUT2D eigenvalue weighted by Gasteiger charge is 2.23. The average molecular weight is 314 g/mol. The lowest BCUT2D eigenvalue weighted by molar-refractivity contribution is 0.261. The number of rotatable bonds is 6. The first-order valence-electron chi connectivity index (χ1n) is 6.89. The second-order valence-corrected chi connectivity index (χ2v) is 6.07. The molecule has 0 spiro atoms. The quantitative estimate of drug-likeness (QED) is 0.794. The molecule has 1 atom stereocenters. The molecule has 0 heterocycles. The number of hydrogen-bond acceptors (Lipinski definition) is 1. The molecule has 1 nitrogen and oxygen atoms in total. The highest BCUT2D eigenvalue weighted by Crippen LogP contribution is 2.35. The second-order valence-electron chi connectivity index (χ2n) is 5.21. The average Bonchev–Trinajstić information content (AvgIpc) is 2.31. The Hall–Kier alpha value is -0.410. The summed E-state index contributed by atoms with van der Waals surface area (Å²) in [6.07, 6.45) is 6.29. The fraction of sp³-hybridized carbons (Fsp3) is 0.600. The number of nitrogens with one attached hydrogen (secondary N) is 1. The third-order valence-corrected chi connectivity index (χ3v) is 4.42. The molecular weight excluding hydrogens is 293 g/mol. The first-order chi connectivity index (χ1) is 8.70. The Morgan fingerprint density at radius 2 is 2.22 bits per heavy atom. The van der Waals surface area contributed by atoms with Crippen molar-refractivity contribution in [2.75, 3.05) is 6.54 Å². The maximum atomic E-state index is 13.6. The maximum Gasteiger partial charge on any atom is 0.137 e. The summed E-state index contributed by atoms with van der Waals surface area (Å²) in [5.74, 6) is 0.662. The van der Waals surface area contributed by atoms with E-state index in [-0.39, 0.29) is 5.82 Å². The van der Waals surface area contributed by atoms with Crippen molar-refractivity contribution in [3.8, 4) is 0 Å². The van der Waals surface area contributed by atoms with Crippen molar-refractivity contribution in [1.29, 1.82) is 0 Å². The van der Waals surface area contributed by atoms with Crippen molar-refractivity contribution in [2.24, 2.45) is 5.92 Å². The van der Waals surface area contributed by atoms with Gasteiger partial charge in [-0.25, -0.2) is 4.39 Å². The molecule has 1 aliphatic carbocycles. The molecule has 1 aromatic rings. The molecule has 0 radical (unpaired) electrons. The Labute approximate surface area is 117 Å². The molecule has 18 heavy (non-hydrogen) atoms. The zero-order valence-electron chi connectivity index (χ0n) is 10.9. The van der Waals surface area contributed by atoms with Crippen molar-refractivity contribution in [2.45, 2.75) is 45.1 Å². The molecule has 2 rings (SSSR count). The van der Waals surface area contributed by atoms with E-state index in [1.54, 1.807) is 6.07 Å². The minimum atomic E-state index is -0.163. The Morgan fingerprint density at radius 3 is 2.78 bits per heavy atom. The molecule has 1 aliphatic rings. The van der Waals surface area contributed by atoms with E-state index in [0.717, 1.165) is 30.9 Å². The van der Waals surface area contributed by atoms with E-state index in [1.807, 2.05) is 12.1 Å². The Morgan fingerprint density at radius 1 is 1.44 bits per heavy atom. The minimum Gasteiger partial charge on any atom is -0.310 e. The van der Waals surface area contributed by atoms with Crippen LogP contribution in [0.25, 0.3) is 0 Å². The SMILES string of the molecule is CCCNC(CC1CCC1)c1ccc(Br)c(F)c1. The fourth-order valence-electron chi connectivity index (χ4n) is 2.45. The summed E-state index contributed by atoms with van der Waals surface area (Å²) < 4.78 is 14.2. The smallest absolute Gasteiger partial charge is 0.137 e. The van der Waals surface area contributed by atoms with Crippen LogP contribution in [-0.2, 0) is 0 Å². The molecule has 1 unspecified atom stereocenters. The zero-order chi connectivity index (χ0) is 13.0. The van der Waals surface area contributed by atoms with Crippen molar-refractivity contribution < 1.29 is 4.39 Å². The monoisotopic (exact) mass is 313 g/mol. The van der Waals surface area contributed by atoms with Gasteiger partial charge in [0.1, 0.15) is 5.82 Å². The van der Waals surface area contributed by atoms with E-state index in [9.17, 15) is 4.39 Å². The molecule has 0 saturated heterocycles. The summed E-state index contributed by atoms with van der Waals surface area (Å²) in [7, 11) is 0. The van der Waals surface area contributed by atoms with Gasteiger partial charge in [0.05, 0.1) is 4.47 Å². The largest absolute Gasteiger partial charge is 0.310 e. The van der Waals surface area contributed by atoms with Gasteiger partial charge in [0.2, 0.25) is 0 Å². The summed E-state index contributed by atoms with van der Waals surface area (Å²) in [6.45, 7) is 3.16. The van der Waals surface area contributed by atoms with Crippen LogP contribution in [0, 0.1) is 11.7 Å². The van der Waals surface area contributed by atoms with Gasteiger partial charge in [-0.3, -0.25) is 0 Å². The maximum absolute atomic E-state index is 13.6. The molecule has 0 bridgehead atoms. The number of benzene rings is 1. The lowest BCUT2D eigenvalue weighted by Gasteiger charge is -2.30. The number of halogens is 2. The van der Waals surface area contributed by atoms with Crippen LogP contribution in [0.5, 0.6) is 0 Å². The lowest BCUT2D eigenvalue weighted by atomic mass is 9.79. The van der Waals surface area contributed by atoms with Crippen molar-refractivity contribution in [1.82, 2.24) is 5.32 Å². The van der Waals surface area contributed by atoms with Crippen LogP contribution in [0.4, 0.5) is 4.39 Å². The van der Waals surface area contributed by atoms with Gasteiger partial charge in [-0.05, 0) is 58.9 Å². The molecule has 1 N–H and O–H groups in total. The molecular formula is C15H21BrFN. The van der Waals surface area contributed by atoms with E-state index < -0.39 is 0 Å². The van der Waals surface area contributed by atoms with Gasteiger partial charge >= 0.3 is 0 Å². The van der Waals surface area contributed by atoms with Crippen LogP contribution in [0.2, 0.25) is 0 Å². The van der Waals surface area contributed by atoms with Crippen LogP contribution in [0.15, 0.2) is 22.7 Å². The van der Waals surface area contributed by atoms with E-state index in [0.29, 0.717) is 10.5 Å². The zero-order valence-corrected chi connectivity index (χ0v) is 12.5. The molecule has 0 aliphatic heterocycles. The molecule has 1 fully saturated rings. The van der Waals surface area contributed by atoms with Crippen LogP contribution < -0.4 is 5.32 Å². The standard InChI is InChI=1S/C15H21BrFN/c1-2-8-18-15(9-11-4-3-5-11)12-6-7-13(16)14(17)10-12/h6-7,10-11,15,18H,2-5,8-9H2,1H3. The van der Waals surface area contributed by atoms with Gasteiger partial charge in [0.15, 0.2) is 0 Å². The van der Waals surface area contributed by atoms with Crippen LogP contribution in [0.3, 0.4) is 0 Å². The van der Waals surface area contributed by atoms with E-state index in [1.165, 1.54) is 19.3 Å². The van der Waals surface area contributed by atoms with Crippen LogP contribution in [0.1, 0.15) is 50.6 Å². The van der Waals surface area contributed by atoms with Gasteiger partial charge in [-0.2, -0.15) is 0 Å². The Balaban J connectivity index is 2.07. The molecule has 100 valence electrons. The summed E-state index contributed by atoms with van der Waals surface area (Å²) in [5, 5.41) is 3.55. The summed E-state index contributed by atoms with van der Waals surface area (Å²) in [4.78, 5) is 0. The second kappa shape index (κ2) is 6.67. The third-order valence-electron chi connectivity index (χ3n) is 3.78. The molecule has 0 amide bonds. The molecule has 1 aromatic carbocycles. The lowest BCUT2D eigenvalue weighted by Crippen LogP contribution is -2.26. The van der Waals surface area contributed by atoms with E-state index in [4.69, 9.17) is 0 Å².